The third-order valence-electron chi connectivity index (χ3n) is 4.68. The molecule has 2 heteroatoms. The van der Waals surface area contributed by atoms with Crippen LogP contribution in [0.25, 0.3) is 0 Å². The topological polar surface area (TPSA) is 21.3 Å². The van der Waals surface area contributed by atoms with Crippen molar-refractivity contribution in [3.05, 3.63) is 88.7 Å². The summed E-state index contributed by atoms with van der Waals surface area (Å²) >= 11 is 0. The number of ether oxygens (including phenoxy) is 1. The first kappa shape index (κ1) is 21.8. The van der Waals surface area contributed by atoms with Crippen LogP contribution in [-0.2, 0) is 16.6 Å². The highest BCUT2D eigenvalue weighted by Gasteiger charge is 2.12. The minimum absolute atomic E-state index is 0.200. The molecule has 0 heterocycles. The lowest BCUT2D eigenvalue weighted by Gasteiger charge is -2.19. The monoisotopic (exact) mass is 377 g/mol. The zero-order valence-corrected chi connectivity index (χ0v) is 18.3. The Bertz CT molecular complexity index is 786. The zero-order chi connectivity index (χ0) is 20.6. The van der Waals surface area contributed by atoms with Crippen molar-refractivity contribution >= 4 is 5.69 Å². The highest BCUT2D eigenvalue weighted by molar-refractivity contribution is 5.45. The van der Waals surface area contributed by atoms with Gasteiger partial charge in [0.05, 0.1) is 0 Å². The van der Waals surface area contributed by atoms with Gasteiger partial charge in [0.15, 0.2) is 6.73 Å². The summed E-state index contributed by atoms with van der Waals surface area (Å²) < 4.78 is 5.86. The van der Waals surface area contributed by atoms with Crippen LogP contribution in [0.15, 0.2) is 72.0 Å². The van der Waals surface area contributed by atoms with Gasteiger partial charge in [0.1, 0.15) is 5.76 Å². The van der Waals surface area contributed by atoms with Gasteiger partial charge in [-0.15, -0.1) is 0 Å². The Morgan fingerprint density at radius 3 is 2.00 bits per heavy atom. The molecule has 0 unspecified atom stereocenters. The van der Waals surface area contributed by atoms with E-state index >= 15 is 0 Å². The van der Waals surface area contributed by atoms with Gasteiger partial charge in [0.2, 0.25) is 0 Å². The number of benzene rings is 2. The molecule has 0 aliphatic carbocycles. The van der Waals surface area contributed by atoms with E-state index in [9.17, 15) is 0 Å². The summed E-state index contributed by atoms with van der Waals surface area (Å²) in [4.78, 5) is 0. The van der Waals surface area contributed by atoms with Crippen LogP contribution in [0.2, 0.25) is 0 Å². The van der Waals surface area contributed by atoms with E-state index in [1.807, 2.05) is 6.08 Å². The van der Waals surface area contributed by atoms with E-state index < -0.39 is 0 Å². The predicted molar refractivity (Wildman–Crippen MR) is 122 cm³/mol. The molecule has 0 radical (unpaired) electrons. The quantitative estimate of drug-likeness (QED) is 0.298. The van der Waals surface area contributed by atoms with Gasteiger partial charge >= 0.3 is 0 Å². The van der Waals surface area contributed by atoms with Crippen molar-refractivity contribution in [3.8, 4) is 0 Å². The Morgan fingerprint density at radius 1 is 0.929 bits per heavy atom. The molecule has 0 saturated heterocycles. The summed E-state index contributed by atoms with van der Waals surface area (Å²) in [7, 11) is 0. The molecular weight excluding hydrogens is 342 g/mol. The van der Waals surface area contributed by atoms with E-state index in [1.54, 1.807) is 0 Å². The van der Waals surface area contributed by atoms with Crippen molar-refractivity contribution in [1.29, 1.82) is 0 Å². The molecule has 0 amide bonds. The van der Waals surface area contributed by atoms with Gasteiger partial charge in [-0.05, 0) is 72.6 Å². The van der Waals surface area contributed by atoms with Crippen molar-refractivity contribution in [2.45, 2.75) is 59.8 Å². The van der Waals surface area contributed by atoms with E-state index in [-0.39, 0.29) is 5.41 Å². The number of nitrogens with one attached hydrogen (secondary N) is 1. The van der Waals surface area contributed by atoms with Gasteiger partial charge in [0.25, 0.3) is 0 Å². The van der Waals surface area contributed by atoms with Crippen molar-refractivity contribution < 1.29 is 4.74 Å². The second kappa shape index (κ2) is 10.2. The zero-order valence-electron chi connectivity index (χ0n) is 18.3. The lowest BCUT2D eigenvalue weighted by Crippen LogP contribution is -2.10. The van der Waals surface area contributed by atoms with Crippen LogP contribution in [0, 0.1) is 0 Å². The minimum Gasteiger partial charge on any atom is -0.473 e. The van der Waals surface area contributed by atoms with Gasteiger partial charge in [-0.25, -0.2) is 0 Å². The van der Waals surface area contributed by atoms with E-state index in [0.717, 1.165) is 24.3 Å². The van der Waals surface area contributed by atoms with Crippen molar-refractivity contribution in [1.82, 2.24) is 0 Å². The minimum atomic E-state index is 0.200. The Hall–Kier alpha value is -2.48. The normalized spacial score (nSPS) is 11.5. The summed E-state index contributed by atoms with van der Waals surface area (Å²) in [6.07, 6.45) is 6.12. The first-order chi connectivity index (χ1) is 13.3. The molecule has 1 N–H and O–H groups in total. The van der Waals surface area contributed by atoms with Gasteiger partial charge in [-0.3, -0.25) is 0 Å². The average Bonchev–Trinajstić information content (AvgIpc) is 2.65. The fraction of sp³-hybridized carbons (Fsp3) is 0.385. The largest absolute Gasteiger partial charge is 0.473 e. The number of allylic oxidation sites excluding steroid dienone is 3. The van der Waals surface area contributed by atoms with Crippen LogP contribution in [0.4, 0.5) is 5.69 Å². The molecule has 0 atom stereocenters. The molecule has 0 spiro atoms. The standard InChI is InChI=1S/C26H35NO/c1-7-8-9-25(20(2)3)28-19-27-24-16-12-22(13-17-24)18-21-10-14-23(15-11-21)26(4,5)6/h8-17,27H,7,18-19H2,1-6H3/b9-8-. The molecule has 0 aliphatic heterocycles. The van der Waals surface area contributed by atoms with E-state index in [4.69, 9.17) is 4.74 Å². The van der Waals surface area contributed by atoms with Gasteiger partial charge in [-0.2, -0.15) is 0 Å². The number of rotatable bonds is 8. The molecule has 0 fully saturated rings. The third kappa shape index (κ3) is 6.92. The number of hydrogen-bond donors (Lipinski definition) is 1. The predicted octanol–water partition coefficient (Wildman–Crippen LogP) is 7.22. The Labute approximate surface area is 171 Å². The van der Waals surface area contributed by atoms with Crippen molar-refractivity contribution in [2.24, 2.45) is 0 Å². The maximum atomic E-state index is 5.86. The molecule has 0 saturated carbocycles. The first-order valence-electron chi connectivity index (χ1n) is 10.2. The smallest absolute Gasteiger partial charge is 0.159 e. The van der Waals surface area contributed by atoms with Gasteiger partial charge < -0.3 is 10.1 Å². The van der Waals surface area contributed by atoms with Crippen LogP contribution in [0.3, 0.4) is 0 Å². The molecule has 0 aliphatic rings. The molecule has 0 bridgehead atoms. The summed E-state index contributed by atoms with van der Waals surface area (Å²) in [5.41, 5.74) is 6.48. The molecule has 2 aromatic carbocycles. The third-order valence-corrected chi connectivity index (χ3v) is 4.68. The van der Waals surface area contributed by atoms with E-state index in [0.29, 0.717) is 6.73 Å². The Morgan fingerprint density at radius 2 is 1.50 bits per heavy atom. The maximum absolute atomic E-state index is 5.86. The Kier molecular flexibility index (Phi) is 7.92. The summed E-state index contributed by atoms with van der Waals surface area (Å²) in [5.74, 6) is 0.935. The fourth-order valence-corrected chi connectivity index (χ4v) is 2.88. The van der Waals surface area contributed by atoms with Gasteiger partial charge in [-0.1, -0.05) is 70.2 Å². The molecule has 2 aromatic rings. The van der Waals surface area contributed by atoms with E-state index in [2.05, 4.69) is 101 Å². The molecule has 2 nitrogen and oxygen atoms in total. The molecule has 150 valence electrons. The SMILES string of the molecule is CC/C=C\C(OCNc1ccc(Cc2ccc(C(C)(C)C)cc2)cc1)=C(C)C. The van der Waals surface area contributed by atoms with Crippen LogP contribution in [0.1, 0.15) is 64.7 Å². The highest BCUT2D eigenvalue weighted by atomic mass is 16.5. The van der Waals surface area contributed by atoms with Crippen LogP contribution >= 0.6 is 0 Å². The highest BCUT2D eigenvalue weighted by Crippen LogP contribution is 2.23. The average molecular weight is 378 g/mol. The first-order valence-corrected chi connectivity index (χ1v) is 10.2. The number of anilines is 1. The maximum Gasteiger partial charge on any atom is 0.159 e. The van der Waals surface area contributed by atoms with E-state index in [1.165, 1.54) is 22.3 Å². The molecule has 0 aromatic heterocycles. The fourth-order valence-electron chi connectivity index (χ4n) is 2.88. The second-order valence-corrected chi connectivity index (χ2v) is 8.46. The lowest BCUT2D eigenvalue weighted by molar-refractivity contribution is 0.244. The van der Waals surface area contributed by atoms with Crippen LogP contribution in [-0.4, -0.2) is 6.73 Å². The molecular formula is C26H35NO. The Balaban J connectivity index is 1.89. The molecule has 28 heavy (non-hydrogen) atoms. The number of hydrogen-bond acceptors (Lipinski definition) is 2. The summed E-state index contributed by atoms with van der Waals surface area (Å²) in [6.45, 7) is 13.5. The summed E-state index contributed by atoms with van der Waals surface area (Å²) in [6, 6.07) is 17.6. The summed E-state index contributed by atoms with van der Waals surface area (Å²) in [5, 5.41) is 3.33. The van der Waals surface area contributed by atoms with Gasteiger partial charge in [0, 0.05) is 5.69 Å². The van der Waals surface area contributed by atoms with Crippen LogP contribution < -0.4 is 5.32 Å². The van der Waals surface area contributed by atoms with Crippen LogP contribution in [0.5, 0.6) is 0 Å². The van der Waals surface area contributed by atoms with Crippen molar-refractivity contribution in [3.63, 3.8) is 0 Å². The second-order valence-electron chi connectivity index (χ2n) is 8.46. The molecule has 2 rings (SSSR count). The van der Waals surface area contributed by atoms with Crippen molar-refractivity contribution in [2.75, 3.05) is 12.0 Å². The lowest BCUT2D eigenvalue weighted by atomic mass is 9.86.